The maximum absolute atomic E-state index is 14.5. The van der Waals surface area contributed by atoms with Gasteiger partial charge in [-0.05, 0) is 115 Å². The van der Waals surface area contributed by atoms with Crippen LogP contribution in [0, 0.1) is 0 Å². The molecule has 2 aliphatic carbocycles. The number of nitrogens with zero attached hydrogens (tertiary/aromatic N) is 5. The molecule has 6 fully saturated rings. The van der Waals surface area contributed by atoms with Crippen LogP contribution in [0.3, 0.4) is 0 Å². The quantitative estimate of drug-likeness (QED) is 0.132. The summed E-state index contributed by atoms with van der Waals surface area (Å²) in [4.78, 5) is 121. The number of urea groups is 2. The zero-order valence-corrected chi connectivity index (χ0v) is 42.4. The molecule has 74 heavy (non-hydrogen) atoms. The van der Waals surface area contributed by atoms with Gasteiger partial charge in [-0.25, -0.2) is 14.6 Å². The molecule has 4 aliphatic heterocycles. The molecule has 0 radical (unpaired) electrons. The van der Waals surface area contributed by atoms with E-state index in [2.05, 4.69) is 42.2 Å². The average molecular weight is 1010 g/mol. The van der Waals surface area contributed by atoms with Crippen molar-refractivity contribution in [1.29, 1.82) is 0 Å². The SMILES string of the molecule is CN[C@@H](C)C(=O)/N=C1\CN(C(=O)Nc2ccc(NC(=O)N3CC[C@H]4CC[C@@H](C(=O)N[C@H]5C[C@H]5c5ccccc5)N4C(=O)[C@@H](NC(=O)[C@H](C)NC)C3)cc2)CC[C@H]2CC[C@@H](C(=O)N[C@H]3C[C@H]3c3ccccc3)N2C1=O. The molecule has 7 N–H and O–H groups in total. The molecule has 2 saturated carbocycles. The van der Waals surface area contributed by atoms with E-state index >= 15 is 0 Å². The second-order valence-electron chi connectivity index (χ2n) is 20.5. The summed E-state index contributed by atoms with van der Waals surface area (Å²) >= 11 is 0. The molecular weight excluding hydrogens is 945 g/mol. The minimum Gasteiger partial charge on any atom is -0.351 e. The number of carbonyl (C=O) groups is 8. The van der Waals surface area contributed by atoms with E-state index < -0.39 is 65.9 Å². The number of fused-ring (bicyclic) bond motifs is 2. The Morgan fingerprint density at radius 1 is 0.581 bits per heavy atom. The van der Waals surface area contributed by atoms with Gasteiger partial charge in [0.15, 0.2) is 0 Å². The first-order chi connectivity index (χ1) is 35.7. The molecule has 392 valence electrons. The smallest absolute Gasteiger partial charge is 0.322 e. The molecule has 3 aromatic carbocycles. The van der Waals surface area contributed by atoms with Crippen molar-refractivity contribution in [3.63, 3.8) is 0 Å². The van der Waals surface area contributed by atoms with Gasteiger partial charge in [-0.3, -0.25) is 28.8 Å². The van der Waals surface area contributed by atoms with Crippen LogP contribution in [0.15, 0.2) is 89.9 Å². The zero-order chi connectivity index (χ0) is 52.2. The predicted molar refractivity (Wildman–Crippen MR) is 277 cm³/mol. The molecule has 3 aromatic rings. The molecule has 20 nitrogen and oxygen atoms in total. The van der Waals surface area contributed by atoms with Crippen LogP contribution in [-0.2, 0) is 28.8 Å². The number of rotatable bonds is 13. The van der Waals surface area contributed by atoms with Crippen molar-refractivity contribution in [2.45, 2.75) is 131 Å². The Morgan fingerprint density at radius 2 is 1.07 bits per heavy atom. The largest absolute Gasteiger partial charge is 0.351 e. The number of anilines is 2. The Hall–Kier alpha value is -7.19. The lowest BCUT2D eigenvalue weighted by Crippen LogP contribution is -2.62. The normalized spacial score (nSPS) is 27.8. The van der Waals surface area contributed by atoms with E-state index in [4.69, 9.17) is 0 Å². The number of nitrogens with one attached hydrogen (secondary N) is 7. The monoisotopic (exact) mass is 1010 g/mol. The molecule has 10 amide bonds. The number of hydrogen-bond donors (Lipinski definition) is 7. The summed E-state index contributed by atoms with van der Waals surface area (Å²) in [5.74, 6) is -2.00. The van der Waals surface area contributed by atoms with E-state index in [-0.39, 0.29) is 79.7 Å². The second kappa shape index (κ2) is 22.5. The van der Waals surface area contributed by atoms with Gasteiger partial charge in [0.25, 0.3) is 11.8 Å². The number of aliphatic imine (C=N–C) groups is 1. The van der Waals surface area contributed by atoms with Crippen molar-refractivity contribution < 1.29 is 38.4 Å². The molecule has 11 atom stereocenters. The van der Waals surface area contributed by atoms with Crippen molar-refractivity contribution >= 4 is 64.6 Å². The lowest BCUT2D eigenvalue weighted by Gasteiger charge is -2.39. The summed E-state index contributed by atoms with van der Waals surface area (Å²) < 4.78 is 0. The van der Waals surface area contributed by atoms with E-state index in [0.717, 1.165) is 24.0 Å². The molecule has 9 rings (SSSR count). The van der Waals surface area contributed by atoms with Crippen molar-refractivity contribution in [3.05, 3.63) is 96.1 Å². The van der Waals surface area contributed by atoms with Crippen molar-refractivity contribution in [1.82, 2.24) is 46.2 Å². The number of benzene rings is 3. The maximum Gasteiger partial charge on any atom is 0.322 e. The van der Waals surface area contributed by atoms with Gasteiger partial charge < -0.3 is 56.8 Å². The predicted octanol–water partition coefficient (Wildman–Crippen LogP) is 2.89. The molecule has 0 spiro atoms. The fraction of sp³-hybridized carbons (Fsp3) is 0.500. The molecule has 20 heteroatoms. The third kappa shape index (κ3) is 11.6. The van der Waals surface area contributed by atoms with Gasteiger partial charge in [0.1, 0.15) is 23.8 Å². The van der Waals surface area contributed by atoms with Gasteiger partial charge in [-0.2, -0.15) is 0 Å². The summed E-state index contributed by atoms with van der Waals surface area (Å²) in [6.45, 7) is 3.35. The van der Waals surface area contributed by atoms with Crippen molar-refractivity contribution in [2.24, 2.45) is 4.99 Å². The van der Waals surface area contributed by atoms with Gasteiger partial charge >= 0.3 is 12.1 Å². The number of likely N-dealkylation sites (N-methyl/N-ethyl adjacent to an activating group) is 2. The van der Waals surface area contributed by atoms with Crippen molar-refractivity contribution in [2.75, 3.05) is 50.9 Å². The first kappa shape index (κ1) is 51.7. The second-order valence-corrected chi connectivity index (χ2v) is 20.5. The van der Waals surface area contributed by atoms with Crippen LogP contribution < -0.4 is 37.2 Å². The van der Waals surface area contributed by atoms with E-state index in [0.29, 0.717) is 49.9 Å². The fourth-order valence-electron chi connectivity index (χ4n) is 10.9. The van der Waals surface area contributed by atoms with Crippen LogP contribution in [0.1, 0.15) is 88.2 Å². The molecular formula is C54H68N12O8. The first-order valence-corrected chi connectivity index (χ1v) is 26.0. The number of amides is 10. The van der Waals surface area contributed by atoms with Crippen LogP contribution in [0.2, 0.25) is 0 Å². The Balaban J connectivity index is 0.828. The van der Waals surface area contributed by atoms with Crippen LogP contribution in [0.25, 0.3) is 0 Å². The molecule has 0 bridgehead atoms. The summed E-state index contributed by atoms with van der Waals surface area (Å²) in [7, 11) is 3.24. The first-order valence-electron chi connectivity index (χ1n) is 26.0. The van der Waals surface area contributed by atoms with Gasteiger partial charge in [0.05, 0.1) is 25.2 Å². The molecule has 0 aromatic heterocycles. The lowest BCUT2D eigenvalue weighted by atomic mass is 10.1. The highest BCUT2D eigenvalue weighted by Gasteiger charge is 2.49. The summed E-state index contributed by atoms with van der Waals surface area (Å²) in [5.41, 5.74) is 2.97. The number of carbonyl (C=O) groups excluding carboxylic acids is 8. The molecule has 4 heterocycles. The highest BCUT2D eigenvalue weighted by atomic mass is 16.2. The highest BCUT2D eigenvalue weighted by molar-refractivity contribution is 6.42. The number of hydrogen-bond acceptors (Lipinski definition) is 10. The van der Waals surface area contributed by atoms with E-state index in [1.54, 1.807) is 62.0 Å². The van der Waals surface area contributed by atoms with Crippen molar-refractivity contribution in [3.8, 4) is 0 Å². The minimum atomic E-state index is -1.12. The third-order valence-corrected chi connectivity index (χ3v) is 15.7. The van der Waals surface area contributed by atoms with E-state index in [1.807, 2.05) is 60.7 Å². The van der Waals surface area contributed by atoms with Gasteiger partial charge in [-0.15, -0.1) is 0 Å². The average Bonchev–Trinajstić information content (AvgIpc) is 4.27. The maximum atomic E-state index is 14.5. The summed E-state index contributed by atoms with van der Waals surface area (Å²) in [6.07, 6.45) is 4.48. The molecule has 4 saturated heterocycles. The zero-order valence-electron chi connectivity index (χ0n) is 42.4. The lowest BCUT2D eigenvalue weighted by molar-refractivity contribution is -0.144. The Bertz CT molecular complexity index is 2640. The topological polar surface area (TPSA) is 246 Å². The van der Waals surface area contributed by atoms with E-state index in [9.17, 15) is 38.4 Å². The summed E-state index contributed by atoms with van der Waals surface area (Å²) in [5, 5.41) is 20.7. The van der Waals surface area contributed by atoms with Gasteiger partial charge in [-0.1, -0.05) is 60.7 Å². The Kier molecular flexibility index (Phi) is 15.7. The minimum absolute atomic E-state index is 0.0175. The van der Waals surface area contributed by atoms with Crippen LogP contribution in [-0.4, -0.2) is 167 Å². The fourth-order valence-corrected chi connectivity index (χ4v) is 10.9. The third-order valence-electron chi connectivity index (χ3n) is 15.7. The highest BCUT2D eigenvalue weighted by Crippen LogP contribution is 2.42. The Labute approximate surface area is 431 Å². The van der Waals surface area contributed by atoms with Gasteiger partial charge in [0.2, 0.25) is 23.6 Å². The standard InChI is InChI=1S/C54H68N12O8/c1-31(55-3)47(67)61-43-29-63(25-23-37-19-21-45(65(37)51(43)71)49(69)59-41-27-39(41)33-11-7-5-8-12-33)53(73)57-35-15-17-36(18-16-35)58-54(74)64-26-24-38-20-22-46(50(70)60-42-28-40(42)34-13-9-6-10-14-34)66(38)52(72)44(30-64)62-48(68)32(2)56-4/h5-18,31-32,37-43,45-46,55-56H,19-30H2,1-4H3,(H,57,73)(H,58,74)(H,59,69)(H,60,70)(H,61,67)/b62-44+/t31-,32-,37+,38+,39-,40-,41-,42-,43-,45-,46-/m0/s1. The summed E-state index contributed by atoms with van der Waals surface area (Å²) in [6, 6.07) is 20.8. The van der Waals surface area contributed by atoms with Gasteiger partial charge in [0, 0.05) is 60.5 Å². The van der Waals surface area contributed by atoms with E-state index in [1.165, 1.54) is 9.80 Å². The molecule has 6 aliphatic rings. The van der Waals surface area contributed by atoms with Crippen LogP contribution in [0.5, 0.6) is 0 Å². The van der Waals surface area contributed by atoms with Crippen LogP contribution in [0.4, 0.5) is 21.0 Å². The van der Waals surface area contributed by atoms with Crippen LogP contribution >= 0.6 is 0 Å². The Morgan fingerprint density at radius 3 is 1.59 bits per heavy atom. The molecule has 0 unspecified atom stereocenters.